The third kappa shape index (κ3) is 2.38. The molecule has 0 fully saturated rings. The van der Waals surface area contributed by atoms with Gasteiger partial charge in [0, 0.05) is 12.1 Å². The van der Waals surface area contributed by atoms with Crippen LogP contribution in [0.4, 0.5) is 0 Å². The highest BCUT2D eigenvalue weighted by atomic mass is 16.5. The van der Waals surface area contributed by atoms with E-state index >= 15 is 0 Å². The molecule has 0 amide bonds. The van der Waals surface area contributed by atoms with Crippen LogP contribution < -0.4 is 0 Å². The molecule has 0 saturated heterocycles. The molecule has 24 heavy (non-hydrogen) atoms. The van der Waals surface area contributed by atoms with Gasteiger partial charge in [0.25, 0.3) is 0 Å². The number of benzene rings is 2. The molecule has 4 rings (SSSR count). The van der Waals surface area contributed by atoms with Crippen molar-refractivity contribution >= 4 is 5.97 Å². The van der Waals surface area contributed by atoms with Gasteiger partial charge in [0.05, 0.1) is 7.11 Å². The summed E-state index contributed by atoms with van der Waals surface area (Å²) >= 11 is 0. The van der Waals surface area contributed by atoms with Gasteiger partial charge >= 0.3 is 5.97 Å². The fourth-order valence-corrected chi connectivity index (χ4v) is 3.49. The number of ether oxygens (including phenoxy) is 1. The van der Waals surface area contributed by atoms with Gasteiger partial charge in [0.15, 0.2) is 0 Å². The van der Waals surface area contributed by atoms with Gasteiger partial charge < -0.3 is 4.74 Å². The van der Waals surface area contributed by atoms with Crippen LogP contribution in [0.1, 0.15) is 33.1 Å². The summed E-state index contributed by atoms with van der Waals surface area (Å²) in [5.41, 5.74) is 6.80. The Kier molecular flexibility index (Phi) is 3.62. The van der Waals surface area contributed by atoms with Gasteiger partial charge in [-0.25, -0.2) is 9.78 Å². The van der Waals surface area contributed by atoms with E-state index in [-0.39, 0.29) is 0 Å². The number of rotatable bonds is 3. The van der Waals surface area contributed by atoms with Crippen molar-refractivity contribution in [3.63, 3.8) is 0 Å². The standard InChI is InChI=1S/C21H17NO2/c1-24-21(23)20-11-10-14(13-22-20)12-19-17-8-4-2-6-15(17)16-7-3-5-9-18(16)19/h2-11,13,19H,12H2,1H3. The van der Waals surface area contributed by atoms with E-state index in [9.17, 15) is 4.79 Å². The van der Waals surface area contributed by atoms with Crippen LogP contribution in [0.25, 0.3) is 11.1 Å². The molecule has 1 aliphatic rings. The lowest BCUT2D eigenvalue weighted by molar-refractivity contribution is 0.0594. The first-order valence-electron chi connectivity index (χ1n) is 7.99. The molecule has 2 aromatic carbocycles. The van der Waals surface area contributed by atoms with Crippen molar-refractivity contribution in [1.29, 1.82) is 0 Å². The zero-order chi connectivity index (χ0) is 16.5. The normalized spacial score (nSPS) is 12.5. The van der Waals surface area contributed by atoms with Gasteiger partial charge in [-0.15, -0.1) is 0 Å². The molecule has 0 N–H and O–H groups in total. The molecule has 0 spiro atoms. The maximum Gasteiger partial charge on any atom is 0.356 e. The second kappa shape index (κ2) is 5.93. The lowest BCUT2D eigenvalue weighted by Crippen LogP contribution is -2.06. The summed E-state index contributed by atoms with van der Waals surface area (Å²) in [6.07, 6.45) is 2.64. The fraction of sp³-hybridized carbons (Fsp3) is 0.143. The lowest BCUT2D eigenvalue weighted by Gasteiger charge is -2.13. The van der Waals surface area contributed by atoms with E-state index < -0.39 is 5.97 Å². The highest BCUT2D eigenvalue weighted by Crippen LogP contribution is 2.45. The van der Waals surface area contributed by atoms with Crippen molar-refractivity contribution in [2.45, 2.75) is 12.3 Å². The minimum atomic E-state index is -0.405. The Labute approximate surface area is 140 Å². The van der Waals surface area contributed by atoms with Crippen LogP contribution in [0.3, 0.4) is 0 Å². The number of pyridine rings is 1. The largest absolute Gasteiger partial charge is 0.464 e. The Morgan fingerprint density at radius 1 is 0.958 bits per heavy atom. The third-order valence-electron chi connectivity index (χ3n) is 4.62. The average molecular weight is 315 g/mol. The average Bonchev–Trinajstić information content (AvgIpc) is 2.96. The van der Waals surface area contributed by atoms with Crippen LogP contribution in [-0.2, 0) is 11.2 Å². The first-order chi connectivity index (χ1) is 11.8. The zero-order valence-electron chi connectivity index (χ0n) is 13.4. The minimum absolute atomic E-state index is 0.322. The van der Waals surface area contributed by atoms with Crippen LogP contribution in [0.2, 0.25) is 0 Å². The topological polar surface area (TPSA) is 39.2 Å². The van der Waals surface area contributed by atoms with Crippen LogP contribution in [0, 0.1) is 0 Å². The molecule has 0 unspecified atom stereocenters. The van der Waals surface area contributed by atoms with Crippen molar-refractivity contribution < 1.29 is 9.53 Å². The van der Waals surface area contributed by atoms with Crippen LogP contribution in [0.5, 0.6) is 0 Å². The molecule has 118 valence electrons. The summed E-state index contributed by atoms with van der Waals surface area (Å²) in [7, 11) is 1.37. The van der Waals surface area contributed by atoms with Crippen molar-refractivity contribution in [2.24, 2.45) is 0 Å². The van der Waals surface area contributed by atoms with Crippen LogP contribution in [0.15, 0.2) is 66.9 Å². The summed E-state index contributed by atoms with van der Waals surface area (Å²) in [4.78, 5) is 15.7. The number of aromatic nitrogens is 1. The Morgan fingerprint density at radius 3 is 2.12 bits per heavy atom. The van der Waals surface area contributed by atoms with Gasteiger partial charge in [0.2, 0.25) is 0 Å². The fourth-order valence-electron chi connectivity index (χ4n) is 3.49. The van der Waals surface area contributed by atoms with E-state index in [1.54, 1.807) is 12.3 Å². The van der Waals surface area contributed by atoms with E-state index in [1.165, 1.54) is 29.4 Å². The van der Waals surface area contributed by atoms with Crippen molar-refractivity contribution in [1.82, 2.24) is 4.98 Å². The molecule has 3 heteroatoms. The number of fused-ring (bicyclic) bond motifs is 3. The molecular formula is C21H17NO2. The monoisotopic (exact) mass is 315 g/mol. The number of hydrogen-bond acceptors (Lipinski definition) is 3. The van der Waals surface area contributed by atoms with Crippen molar-refractivity contribution in [3.8, 4) is 11.1 Å². The first kappa shape index (κ1) is 14.6. The molecule has 0 aliphatic heterocycles. The Balaban J connectivity index is 1.68. The molecule has 1 heterocycles. The van der Waals surface area contributed by atoms with Crippen molar-refractivity contribution in [3.05, 3.63) is 89.2 Å². The minimum Gasteiger partial charge on any atom is -0.464 e. The number of esters is 1. The maximum absolute atomic E-state index is 11.5. The smallest absolute Gasteiger partial charge is 0.356 e. The third-order valence-corrected chi connectivity index (χ3v) is 4.62. The number of carbonyl (C=O) groups excluding carboxylic acids is 1. The zero-order valence-corrected chi connectivity index (χ0v) is 13.4. The summed E-state index contributed by atoms with van der Waals surface area (Å²) in [6.45, 7) is 0. The van der Waals surface area contributed by atoms with Gasteiger partial charge in [-0.05, 0) is 40.3 Å². The lowest BCUT2D eigenvalue weighted by atomic mass is 9.91. The SMILES string of the molecule is COC(=O)c1ccc(CC2c3ccccc3-c3ccccc32)cn1. The first-order valence-corrected chi connectivity index (χ1v) is 7.99. The Morgan fingerprint density at radius 2 is 1.58 bits per heavy atom. The van der Waals surface area contributed by atoms with Gasteiger partial charge in [-0.1, -0.05) is 54.6 Å². The molecule has 3 nitrogen and oxygen atoms in total. The number of methoxy groups -OCH3 is 1. The summed E-state index contributed by atoms with van der Waals surface area (Å²) in [5, 5.41) is 0. The molecule has 1 aromatic heterocycles. The molecule has 0 radical (unpaired) electrons. The van der Waals surface area contributed by atoms with E-state index in [4.69, 9.17) is 4.74 Å². The molecule has 3 aromatic rings. The molecule has 1 aliphatic carbocycles. The molecule has 0 bridgehead atoms. The van der Waals surface area contributed by atoms with E-state index in [0.717, 1.165) is 12.0 Å². The predicted octanol–water partition coefficient (Wildman–Crippen LogP) is 4.22. The summed E-state index contributed by atoms with van der Waals surface area (Å²) in [5.74, 6) is -0.0821. The number of nitrogens with zero attached hydrogens (tertiary/aromatic N) is 1. The van der Waals surface area contributed by atoms with Crippen molar-refractivity contribution in [2.75, 3.05) is 7.11 Å². The highest BCUT2D eigenvalue weighted by molar-refractivity contribution is 5.87. The second-order valence-electron chi connectivity index (χ2n) is 5.97. The summed E-state index contributed by atoms with van der Waals surface area (Å²) in [6, 6.07) is 20.8. The predicted molar refractivity (Wildman–Crippen MR) is 93.0 cm³/mol. The summed E-state index contributed by atoms with van der Waals surface area (Å²) < 4.78 is 4.70. The van der Waals surface area contributed by atoms with Crippen LogP contribution >= 0.6 is 0 Å². The maximum atomic E-state index is 11.5. The quantitative estimate of drug-likeness (QED) is 0.679. The number of carbonyl (C=O) groups is 1. The Bertz CT molecular complexity index is 854. The van der Waals surface area contributed by atoms with Crippen LogP contribution in [-0.4, -0.2) is 18.1 Å². The van der Waals surface area contributed by atoms with Gasteiger partial charge in [-0.2, -0.15) is 0 Å². The van der Waals surface area contributed by atoms with Gasteiger partial charge in [-0.3, -0.25) is 0 Å². The molecular weight excluding hydrogens is 298 g/mol. The van der Waals surface area contributed by atoms with E-state index in [0.29, 0.717) is 11.6 Å². The number of hydrogen-bond donors (Lipinski definition) is 0. The second-order valence-corrected chi connectivity index (χ2v) is 5.97. The molecule has 0 saturated carbocycles. The van der Waals surface area contributed by atoms with E-state index in [1.807, 2.05) is 6.07 Å². The molecule has 0 atom stereocenters. The Hall–Kier alpha value is -2.94. The van der Waals surface area contributed by atoms with Gasteiger partial charge in [0.1, 0.15) is 5.69 Å². The van der Waals surface area contributed by atoms with E-state index in [2.05, 4.69) is 53.5 Å². The highest BCUT2D eigenvalue weighted by Gasteiger charge is 2.28.